The highest BCUT2D eigenvalue weighted by Gasteiger charge is 2.46. The topological polar surface area (TPSA) is 43.1 Å². The zero-order valence-electron chi connectivity index (χ0n) is 24.9. The van der Waals surface area contributed by atoms with Gasteiger partial charge in [0.1, 0.15) is 11.2 Å². The highest BCUT2D eigenvalue weighted by molar-refractivity contribution is 7.85. The number of furan rings is 1. The number of fused-ring (bicyclic) bond motifs is 6. The van der Waals surface area contributed by atoms with Crippen LogP contribution >= 0.6 is 7.14 Å². The first-order valence-electron chi connectivity index (χ1n) is 15.5. The first-order chi connectivity index (χ1) is 22.7. The smallest absolute Gasteiger partial charge is 0.171 e. The maximum atomic E-state index is 15.2. The minimum absolute atomic E-state index is 0.602. The van der Waals surface area contributed by atoms with E-state index in [1.165, 1.54) is 22.3 Å². The molecule has 0 saturated carbocycles. The predicted molar refractivity (Wildman–Crippen MR) is 188 cm³/mol. The fourth-order valence-corrected chi connectivity index (χ4v) is 10.2. The number of rotatable bonds is 5. The summed E-state index contributed by atoms with van der Waals surface area (Å²) in [5.41, 5.74) is 8.22. The number of aromatic nitrogens is 1. The van der Waals surface area contributed by atoms with Crippen LogP contribution in [0, 0.1) is 0 Å². The van der Waals surface area contributed by atoms with Crippen molar-refractivity contribution in [2.75, 3.05) is 0 Å². The van der Waals surface area contributed by atoms with Gasteiger partial charge in [-0.3, -0.25) is 4.98 Å². The van der Waals surface area contributed by atoms with Gasteiger partial charge in [0.15, 0.2) is 7.14 Å². The van der Waals surface area contributed by atoms with Crippen molar-refractivity contribution >= 4 is 45.0 Å². The predicted octanol–water partition coefficient (Wildman–Crippen LogP) is 8.98. The van der Waals surface area contributed by atoms with Crippen LogP contribution in [0.25, 0.3) is 33.1 Å². The molecule has 0 atom stereocenters. The van der Waals surface area contributed by atoms with Crippen LogP contribution in [0.2, 0.25) is 0 Å². The maximum absolute atomic E-state index is 15.2. The van der Waals surface area contributed by atoms with E-state index in [0.29, 0.717) is 0 Å². The lowest BCUT2D eigenvalue weighted by Gasteiger charge is -2.34. The summed E-state index contributed by atoms with van der Waals surface area (Å²) in [4.78, 5) is 4.41. The zero-order valence-corrected chi connectivity index (χ0v) is 25.8. The van der Waals surface area contributed by atoms with Gasteiger partial charge in [-0.15, -0.1) is 0 Å². The Morgan fingerprint density at radius 1 is 0.500 bits per heavy atom. The summed E-state index contributed by atoms with van der Waals surface area (Å²) >= 11 is 0. The summed E-state index contributed by atoms with van der Waals surface area (Å²) in [5, 5.41) is 4.50. The molecule has 0 N–H and O–H groups in total. The van der Waals surface area contributed by atoms with Gasteiger partial charge in [-0.25, -0.2) is 0 Å². The van der Waals surface area contributed by atoms with Crippen LogP contribution < -0.4 is 15.9 Å². The lowest BCUT2D eigenvalue weighted by molar-refractivity contribution is 0.592. The normalized spacial score (nSPS) is 13.5. The van der Waals surface area contributed by atoms with Gasteiger partial charge in [0, 0.05) is 39.1 Å². The van der Waals surface area contributed by atoms with E-state index in [-0.39, 0.29) is 0 Å². The van der Waals surface area contributed by atoms with Gasteiger partial charge in [-0.05, 0) is 51.6 Å². The molecule has 1 aliphatic rings. The van der Waals surface area contributed by atoms with Crippen LogP contribution in [-0.4, -0.2) is 4.98 Å². The highest BCUT2D eigenvalue weighted by atomic mass is 31.2. The van der Waals surface area contributed by atoms with E-state index in [1.807, 2.05) is 72.9 Å². The van der Waals surface area contributed by atoms with Crippen molar-refractivity contribution in [1.82, 2.24) is 4.98 Å². The second-order valence-electron chi connectivity index (χ2n) is 11.9. The van der Waals surface area contributed by atoms with Crippen molar-refractivity contribution in [2.24, 2.45) is 0 Å². The molecule has 9 rings (SSSR count). The van der Waals surface area contributed by atoms with E-state index in [9.17, 15) is 0 Å². The molecule has 6 aromatic carbocycles. The van der Waals surface area contributed by atoms with E-state index in [1.54, 1.807) is 6.20 Å². The number of benzene rings is 6. The summed E-state index contributed by atoms with van der Waals surface area (Å²) in [6, 6.07) is 54.1. The Bertz CT molecular complexity index is 2360. The van der Waals surface area contributed by atoms with Gasteiger partial charge in [-0.2, -0.15) is 0 Å². The van der Waals surface area contributed by atoms with Gasteiger partial charge in [0.25, 0.3) is 0 Å². The molecule has 0 spiro atoms. The molecule has 4 heteroatoms. The molecule has 3 nitrogen and oxygen atoms in total. The standard InChI is InChI=1S/C42H28NO2P/c44-46(31-11-3-1-4-12-31,32-13-5-2-6-14-32)33-22-19-29(20-23-33)42(38-17-9-7-15-34(38)35-16-8-10-18-39(35)42)30-21-24-40-36(27-30)37-28-43-26-25-41(37)45-40/h1-28H. The second-order valence-corrected chi connectivity index (χ2v) is 14.6. The summed E-state index contributed by atoms with van der Waals surface area (Å²) < 4.78 is 21.4. The molecule has 46 heavy (non-hydrogen) atoms. The molecular weight excluding hydrogens is 581 g/mol. The summed E-state index contributed by atoms with van der Waals surface area (Å²) in [7, 11) is -3.13. The van der Waals surface area contributed by atoms with E-state index >= 15 is 4.57 Å². The minimum Gasteiger partial charge on any atom is -0.456 e. The average molecular weight is 610 g/mol. The lowest BCUT2D eigenvalue weighted by atomic mass is 9.67. The molecular formula is C42H28NO2P. The summed E-state index contributed by atoms with van der Waals surface area (Å²) in [6.07, 6.45) is 3.65. The molecule has 0 bridgehead atoms. The molecule has 0 amide bonds. The van der Waals surface area contributed by atoms with Crippen LogP contribution in [-0.2, 0) is 9.98 Å². The highest BCUT2D eigenvalue weighted by Crippen LogP contribution is 2.56. The van der Waals surface area contributed by atoms with Gasteiger partial charge in [0.2, 0.25) is 0 Å². The van der Waals surface area contributed by atoms with Crippen molar-refractivity contribution in [3.8, 4) is 11.1 Å². The minimum atomic E-state index is -3.13. The van der Waals surface area contributed by atoms with Gasteiger partial charge >= 0.3 is 0 Å². The molecule has 0 saturated heterocycles. The largest absolute Gasteiger partial charge is 0.456 e. The monoisotopic (exact) mass is 609 g/mol. The molecule has 0 aliphatic heterocycles. The number of hydrogen-bond donors (Lipinski definition) is 0. The number of nitrogens with zero attached hydrogens (tertiary/aromatic N) is 1. The fraction of sp³-hybridized carbons (Fsp3) is 0.0238. The Balaban J connectivity index is 1.32. The molecule has 0 unspecified atom stereocenters. The van der Waals surface area contributed by atoms with Crippen molar-refractivity contribution in [3.05, 3.63) is 192 Å². The Morgan fingerprint density at radius 3 is 1.65 bits per heavy atom. The molecule has 218 valence electrons. The van der Waals surface area contributed by atoms with Gasteiger partial charge < -0.3 is 8.98 Å². The van der Waals surface area contributed by atoms with Crippen molar-refractivity contribution in [3.63, 3.8) is 0 Å². The third-order valence-electron chi connectivity index (χ3n) is 9.56. The molecule has 2 heterocycles. The average Bonchev–Trinajstić information content (AvgIpc) is 3.66. The Hall–Kier alpha value is -5.50. The van der Waals surface area contributed by atoms with Crippen LogP contribution in [0.1, 0.15) is 22.3 Å². The van der Waals surface area contributed by atoms with Crippen molar-refractivity contribution < 1.29 is 8.98 Å². The Morgan fingerprint density at radius 2 is 1.02 bits per heavy atom. The first-order valence-corrected chi connectivity index (χ1v) is 17.2. The van der Waals surface area contributed by atoms with E-state index in [0.717, 1.165) is 49.0 Å². The molecule has 0 fully saturated rings. The second kappa shape index (κ2) is 10.3. The number of pyridine rings is 1. The van der Waals surface area contributed by atoms with Crippen LogP contribution in [0.4, 0.5) is 0 Å². The van der Waals surface area contributed by atoms with Crippen molar-refractivity contribution in [2.45, 2.75) is 5.41 Å². The third-order valence-corrected chi connectivity index (χ3v) is 12.6. The maximum Gasteiger partial charge on any atom is 0.171 e. The molecule has 1 aliphatic carbocycles. The van der Waals surface area contributed by atoms with Gasteiger partial charge in [0.05, 0.1) is 5.41 Å². The summed E-state index contributed by atoms with van der Waals surface area (Å²) in [5.74, 6) is 0. The third kappa shape index (κ3) is 3.73. The van der Waals surface area contributed by atoms with E-state index < -0.39 is 12.6 Å². The molecule has 8 aromatic rings. The van der Waals surface area contributed by atoms with E-state index in [2.05, 4.69) is 96.0 Å². The fourth-order valence-electron chi connectivity index (χ4n) is 7.52. The van der Waals surface area contributed by atoms with Gasteiger partial charge in [-0.1, -0.05) is 140 Å². The molecule has 0 radical (unpaired) electrons. The van der Waals surface area contributed by atoms with E-state index in [4.69, 9.17) is 4.42 Å². The quantitative estimate of drug-likeness (QED) is 0.183. The SMILES string of the molecule is O=P(c1ccccc1)(c1ccccc1)c1ccc(C2(c3ccc4oc5ccncc5c4c3)c3ccccc3-c3ccccc32)cc1. The molecule has 2 aromatic heterocycles. The van der Waals surface area contributed by atoms with Crippen molar-refractivity contribution in [1.29, 1.82) is 0 Å². The zero-order chi connectivity index (χ0) is 30.7. The Kier molecular flexibility index (Phi) is 6.00. The van der Waals surface area contributed by atoms with Crippen LogP contribution in [0.3, 0.4) is 0 Å². The van der Waals surface area contributed by atoms with Crippen LogP contribution in [0.5, 0.6) is 0 Å². The lowest BCUT2D eigenvalue weighted by Crippen LogP contribution is -2.30. The first kappa shape index (κ1) is 26.9. The van der Waals surface area contributed by atoms with Crippen LogP contribution in [0.15, 0.2) is 175 Å². The summed E-state index contributed by atoms with van der Waals surface area (Å²) in [6.45, 7) is 0. The number of hydrogen-bond acceptors (Lipinski definition) is 3. The Labute approximate surface area is 267 Å².